The number of benzene rings is 2. The molecule has 2 aromatic rings. The summed E-state index contributed by atoms with van der Waals surface area (Å²) >= 11 is 6.28. The Hall–Kier alpha value is -1.51. The number of halogens is 1. The van der Waals surface area contributed by atoms with E-state index < -0.39 is 0 Å². The van der Waals surface area contributed by atoms with E-state index in [-0.39, 0.29) is 6.04 Å². The molecule has 0 aromatic heterocycles. The van der Waals surface area contributed by atoms with Gasteiger partial charge >= 0.3 is 0 Å². The van der Waals surface area contributed by atoms with Gasteiger partial charge in [0.2, 0.25) is 0 Å². The lowest BCUT2D eigenvalue weighted by Crippen LogP contribution is -2.17. The van der Waals surface area contributed by atoms with Gasteiger partial charge in [-0.25, -0.2) is 0 Å². The van der Waals surface area contributed by atoms with Crippen LogP contribution in [0.5, 0.6) is 11.5 Å². The van der Waals surface area contributed by atoms with Crippen molar-refractivity contribution in [1.82, 2.24) is 0 Å². The monoisotopic (exact) mass is 303 g/mol. The Morgan fingerprint density at radius 3 is 2.24 bits per heavy atom. The molecule has 3 heteroatoms. The van der Waals surface area contributed by atoms with Crippen LogP contribution in [0.15, 0.2) is 42.5 Å². The van der Waals surface area contributed by atoms with Crippen LogP contribution >= 0.6 is 11.6 Å². The number of rotatable bonds is 5. The van der Waals surface area contributed by atoms with E-state index in [2.05, 4.69) is 26.0 Å². The lowest BCUT2D eigenvalue weighted by atomic mass is 10.0. The van der Waals surface area contributed by atoms with Crippen LogP contribution in [-0.2, 0) is 6.42 Å². The Kier molecular flexibility index (Phi) is 5.27. The van der Waals surface area contributed by atoms with Crippen LogP contribution in [0, 0.1) is 0 Å². The first-order valence-electron chi connectivity index (χ1n) is 7.27. The SMILES string of the molecule is CC(N)Cc1ccc(Oc2ccc(C(C)C)cc2)c(Cl)c1. The molecule has 1 atom stereocenters. The zero-order valence-corrected chi connectivity index (χ0v) is 13.5. The van der Waals surface area contributed by atoms with Gasteiger partial charge in [0.15, 0.2) is 0 Å². The van der Waals surface area contributed by atoms with Crippen molar-refractivity contribution in [3.8, 4) is 11.5 Å². The highest BCUT2D eigenvalue weighted by Crippen LogP contribution is 2.31. The van der Waals surface area contributed by atoms with E-state index in [0.29, 0.717) is 16.7 Å². The maximum atomic E-state index is 6.28. The highest BCUT2D eigenvalue weighted by atomic mass is 35.5. The molecular formula is C18H22ClNO. The molecule has 1 unspecified atom stereocenters. The summed E-state index contributed by atoms with van der Waals surface area (Å²) in [6.07, 6.45) is 0.809. The minimum atomic E-state index is 0.122. The van der Waals surface area contributed by atoms with Crippen LogP contribution in [0.1, 0.15) is 37.8 Å². The highest BCUT2D eigenvalue weighted by Gasteiger charge is 2.07. The lowest BCUT2D eigenvalue weighted by molar-refractivity contribution is 0.482. The van der Waals surface area contributed by atoms with E-state index in [4.69, 9.17) is 22.1 Å². The molecular weight excluding hydrogens is 282 g/mol. The molecule has 0 fully saturated rings. The summed E-state index contributed by atoms with van der Waals surface area (Å²) in [5, 5.41) is 0.612. The third-order valence-corrected chi connectivity index (χ3v) is 3.62. The smallest absolute Gasteiger partial charge is 0.146 e. The molecule has 112 valence electrons. The van der Waals surface area contributed by atoms with Gasteiger partial charge in [0.1, 0.15) is 11.5 Å². The normalized spacial score (nSPS) is 12.5. The second-order valence-corrected chi connectivity index (χ2v) is 6.18. The second kappa shape index (κ2) is 6.97. The molecule has 0 saturated carbocycles. The van der Waals surface area contributed by atoms with E-state index >= 15 is 0 Å². The van der Waals surface area contributed by atoms with E-state index in [1.807, 2.05) is 37.3 Å². The first kappa shape index (κ1) is 15.9. The second-order valence-electron chi connectivity index (χ2n) is 5.77. The van der Waals surface area contributed by atoms with Gasteiger partial charge in [0.05, 0.1) is 5.02 Å². The molecule has 21 heavy (non-hydrogen) atoms. The molecule has 0 aliphatic rings. The zero-order chi connectivity index (χ0) is 15.4. The summed E-state index contributed by atoms with van der Waals surface area (Å²) in [4.78, 5) is 0. The third-order valence-electron chi connectivity index (χ3n) is 3.33. The Labute approximate surface area is 131 Å². The zero-order valence-electron chi connectivity index (χ0n) is 12.8. The Balaban J connectivity index is 2.12. The Morgan fingerprint density at radius 2 is 1.71 bits per heavy atom. The fraction of sp³-hybridized carbons (Fsp3) is 0.333. The van der Waals surface area contributed by atoms with E-state index in [1.165, 1.54) is 5.56 Å². The average Bonchev–Trinajstić information content (AvgIpc) is 2.42. The summed E-state index contributed by atoms with van der Waals surface area (Å²) in [5.41, 5.74) is 8.22. The molecule has 2 nitrogen and oxygen atoms in total. The van der Waals surface area contributed by atoms with Crippen LogP contribution in [0.2, 0.25) is 5.02 Å². The standard InChI is InChI=1S/C18H22ClNO/c1-12(2)15-5-7-16(8-6-15)21-18-9-4-14(10-13(3)20)11-17(18)19/h4-9,11-13H,10,20H2,1-3H3. The van der Waals surface area contributed by atoms with Crippen molar-refractivity contribution in [2.45, 2.75) is 39.2 Å². The predicted octanol–water partition coefficient (Wildman–Crippen LogP) is 5.15. The van der Waals surface area contributed by atoms with Gasteiger partial charge in [-0.3, -0.25) is 0 Å². The maximum Gasteiger partial charge on any atom is 0.146 e. The van der Waals surface area contributed by atoms with Crippen molar-refractivity contribution in [2.75, 3.05) is 0 Å². The minimum absolute atomic E-state index is 0.122. The Bertz CT molecular complexity index is 591. The number of hydrogen-bond acceptors (Lipinski definition) is 2. The predicted molar refractivity (Wildman–Crippen MR) is 89.4 cm³/mol. The maximum absolute atomic E-state index is 6.28. The van der Waals surface area contributed by atoms with Crippen molar-refractivity contribution >= 4 is 11.6 Å². The molecule has 0 aliphatic carbocycles. The first-order valence-corrected chi connectivity index (χ1v) is 7.65. The number of nitrogens with two attached hydrogens (primary N) is 1. The quantitative estimate of drug-likeness (QED) is 0.829. The van der Waals surface area contributed by atoms with Crippen molar-refractivity contribution in [3.05, 3.63) is 58.6 Å². The van der Waals surface area contributed by atoms with Crippen molar-refractivity contribution in [3.63, 3.8) is 0 Å². The van der Waals surface area contributed by atoms with Gasteiger partial charge in [0.25, 0.3) is 0 Å². The molecule has 0 aliphatic heterocycles. The van der Waals surface area contributed by atoms with Gasteiger partial charge in [-0.1, -0.05) is 43.6 Å². The summed E-state index contributed by atoms with van der Waals surface area (Å²) in [6.45, 7) is 6.32. The van der Waals surface area contributed by atoms with Crippen LogP contribution in [0.3, 0.4) is 0 Å². The van der Waals surface area contributed by atoms with E-state index in [9.17, 15) is 0 Å². The molecule has 0 heterocycles. The molecule has 0 saturated heterocycles. The molecule has 0 spiro atoms. The molecule has 2 rings (SSSR count). The number of hydrogen-bond donors (Lipinski definition) is 1. The van der Waals surface area contributed by atoms with E-state index in [0.717, 1.165) is 17.7 Å². The average molecular weight is 304 g/mol. The van der Waals surface area contributed by atoms with Crippen LogP contribution in [0.25, 0.3) is 0 Å². The van der Waals surface area contributed by atoms with Gasteiger partial charge in [-0.05, 0) is 54.7 Å². The lowest BCUT2D eigenvalue weighted by Gasteiger charge is -2.11. The molecule has 2 aromatic carbocycles. The van der Waals surface area contributed by atoms with Gasteiger partial charge < -0.3 is 10.5 Å². The van der Waals surface area contributed by atoms with Crippen LogP contribution in [-0.4, -0.2) is 6.04 Å². The summed E-state index contributed by atoms with van der Waals surface area (Å²) in [6, 6.07) is 14.1. The van der Waals surface area contributed by atoms with Gasteiger partial charge in [-0.15, -0.1) is 0 Å². The van der Waals surface area contributed by atoms with Crippen molar-refractivity contribution in [1.29, 1.82) is 0 Å². The van der Waals surface area contributed by atoms with E-state index in [1.54, 1.807) is 0 Å². The fourth-order valence-electron chi connectivity index (χ4n) is 2.17. The van der Waals surface area contributed by atoms with Crippen molar-refractivity contribution < 1.29 is 4.74 Å². The largest absolute Gasteiger partial charge is 0.456 e. The minimum Gasteiger partial charge on any atom is -0.456 e. The molecule has 0 amide bonds. The van der Waals surface area contributed by atoms with Gasteiger partial charge in [0, 0.05) is 6.04 Å². The first-order chi connectivity index (χ1) is 9.95. The fourth-order valence-corrected chi connectivity index (χ4v) is 2.42. The van der Waals surface area contributed by atoms with Crippen LogP contribution < -0.4 is 10.5 Å². The number of ether oxygens (including phenoxy) is 1. The molecule has 2 N–H and O–H groups in total. The summed E-state index contributed by atoms with van der Waals surface area (Å²) in [7, 11) is 0. The van der Waals surface area contributed by atoms with Crippen LogP contribution in [0.4, 0.5) is 0 Å². The highest BCUT2D eigenvalue weighted by molar-refractivity contribution is 6.32. The van der Waals surface area contributed by atoms with Gasteiger partial charge in [-0.2, -0.15) is 0 Å². The molecule has 0 bridgehead atoms. The summed E-state index contributed by atoms with van der Waals surface area (Å²) < 4.78 is 5.84. The Morgan fingerprint density at radius 1 is 1.05 bits per heavy atom. The summed E-state index contributed by atoms with van der Waals surface area (Å²) in [5.74, 6) is 1.98. The van der Waals surface area contributed by atoms with Crippen molar-refractivity contribution in [2.24, 2.45) is 5.73 Å². The topological polar surface area (TPSA) is 35.2 Å². The third kappa shape index (κ3) is 4.48. The molecule has 0 radical (unpaired) electrons.